The third kappa shape index (κ3) is 3.91. The van der Waals surface area contributed by atoms with E-state index in [2.05, 4.69) is 4.74 Å². The van der Waals surface area contributed by atoms with Gasteiger partial charge in [0.2, 0.25) is 0 Å². The van der Waals surface area contributed by atoms with Crippen LogP contribution in [0.4, 0.5) is 22.0 Å². The summed E-state index contributed by atoms with van der Waals surface area (Å²) in [6, 6.07) is 7.34. The van der Waals surface area contributed by atoms with Gasteiger partial charge in [0.1, 0.15) is 5.82 Å². The molecule has 0 bridgehead atoms. The summed E-state index contributed by atoms with van der Waals surface area (Å²) < 4.78 is 66.0. The minimum Gasteiger partial charge on any atom is -0.403 e. The summed E-state index contributed by atoms with van der Waals surface area (Å²) in [5.41, 5.74) is 6.60. The topological polar surface area (TPSA) is 35.2 Å². The van der Waals surface area contributed by atoms with Crippen LogP contribution in [0.3, 0.4) is 0 Å². The quantitative estimate of drug-likeness (QED) is 0.873. The average molecular weight is 303 g/mol. The second kappa shape index (κ2) is 5.69. The number of rotatable bonds is 3. The minimum atomic E-state index is -4.97. The summed E-state index contributed by atoms with van der Waals surface area (Å²) in [7, 11) is 0. The molecule has 0 aliphatic rings. The molecule has 2 N–H and O–H groups in total. The molecule has 0 aliphatic carbocycles. The maximum absolute atomic E-state index is 13.6. The van der Waals surface area contributed by atoms with Gasteiger partial charge in [-0.2, -0.15) is 0 Å². The highest BCUT2D eigenvalue weighted by Gasteiger charge is 2.32. The Bertz CT molecular complexity index is 624. The number of hydrogen-bond acceptors (Lipinski definition) is 2. The number of hydrogen-bond donors (Lipinski definition) is 1. The highest BCUT2D eigenvalue weighted by Crippen LogP contribution is 2.28. The first-order valence-corrected chi connectivity index (χ1v) is 5.82. The molecule has 0 spiro atoms. The van der Waals surface area contributed by atoms with Gasteiger partial charge in [0.25, 0.3) is 0 Å². The van der Waals surface area contributed by atoms with Crippen molar-refractivity contribution < 1.29 is 26.7 Å². The van der Waals surface area contributed by atoms with Crippen LogP contribution < -0.4 is 10.5 Å². The van der Waals surface area contributed by atoms with Gasteiger partial charge in [0.15, 0.2) is 11.6 Å². The van der Waals surface area contributed by atoms with E-state index in [1.807, 2.05) is 0 Å². The Balaban J connectivity index is 2.25. The van der Waals surface area contributed by atoms with E-state index in [0.717, 1.165) is 12.1 Å². The molecule has 0 fully saturated rings. The van der Waals surface area contributed by atoms with Crippen LogP contribution in [-0.2, 0) is 0 Å². The normalized spacial score (nSPS) is 13.0. The smallest absolute Gasteiger partial charge is 0.403 e. The average Bonchev–Trinajstić information content (AvgIpc) is 2.40. The van der Waals surface area contributed by atoms with Crippen LogP contribution in [0, 0.1) is 11.6 Å². The van der Waals surface area contributed by atoms with Gasteiger partial charge < -0.3 is 10.5 Å². The van der Waals surface area contributed by atoms with Crippen LogP contribution in [-0.4, -0.2) is 6.36 Å². The van der Waals surface area contributed by atoms with E-state index in [4.69, 9.17) is 5.73 Å². The van der Waals surface area contributed by atoms with E-state index < -0.39 is 29.8 Å². The summed E-state index contributed by atoms with van der Waals surface area (Å²) in [5.74, 6) is -2.56. The van der Waals surface area contributed by atoms with Crippen molar-refractivity contribution in [2.45, 2.75) is 12.4 Å². The maximum Gasteiger partial charge on any atom is 0.573 e. The van der Waals surface area contributed by atoms with Gasteiger partial charge in [-0.25, -0.2) is 8.78 Å². The van der Waals surface area contributed by atoms with Gasteiger partial charge >= 0.3 is 6.36 Å². The zero-order valence-electron chi connectivity index (χ0n) is 10.5. The van der Waals surface area contributed by atoms with E-state index in [1.54, 1.807) is 0 Å². The van der Waals surface area contributed by atoms with Crippen LogP contribution in [0.25, 0.3) is 0 Å². The minimum absolute atomic E-state index is 0.244. The summed E-state index contributed by atoms with van der Waals surface area (Å²) in [6.07, 6.45) is -4.97. The second-order valence-electron chi connectivity index (χ2n) is 4.27. The zero-order chi connectivity index (χ0) is 15.6. The third-order valence-corrected chi connectivity index (χ3v) is 2.77. The number of halogens is 5. The first-order chi connectivity index (χ1) is 9.76. The number of benzene rings is 2. The lowest BCUT2D eigenvalue weighted by Crippen LogP contribution is -2.18. The Kier molecular flexibility index (Phi) is 4.13. The Morgan fingerprint density at radius 2 is 1.48 bits per heavy atom. The molecule has 2 rings (SSSR count). The summed E-state index contributed by atoms with van der Waals surface area (Å²) >= 11 is 0. The number of ether oxygens (including phenoxy) is 1. The van der Waals surface area contributed by atoms with Crippen molar-refractivity contribution in [2.75, 3.05) is 0 Å². The lowest BCUT2D eigenvalue weighted by atomic mass is 9.99. The highest BCUT2D eigenvalue weighted by atomic mass is 19.4. The molecule has 21 heavy (non-hydrogen) atoms. The largest absolute Gasteiger partial charge is 0.573 e. The van der Waals surface area contributed by atoms with E-state index in [1.165, 1.54) is 30.3 Å². The van der Waals surface area contributed by atoms with Crippen molar-refractivity contribution in [3.05, 3.63) is 65.2 Å². The first kappa shape index (κ1) is 15.2. The van der Waals surface area contributed by atoms with Crippen molar-refractivity contribution in [3.8, 4) is 5.75 Å². The molecule has 0 radical (unpaired) electrons. The van der Waals surface area contributed by atoms with Crippen LogP contribution in [0.2, 0.25) is 0 Å². The molecule has 0 aliphatic heterocycles. The SMILES string of the molecule is NC(c1ccc(F)cc1)c1ccc(OC(F)(F)F)c(F)c1. The molecule has 2 nitrogen and oxygen atoms in total. The Labute approximate surface area is 116 Å². The van der Waals surface area contributed by atoms with Gasteiger partial charge in [-0.05, 0) is 35.4 Å². The first-order valence-electron chi connectivity index (χ1n) is 5.82. The molecule has 0 amide bonds. The Morgan fingerprint density at radius 1 is 0.905 bits per heavy atom. The van der Waals surface area contributed by atoms with Crippen molar-refractivity contribution in [2.24, 2.45) is 5.73 Å². The van der Waals surface area contributed by atoms with Crippen molar-refractivity contribution >= 4 is 0 Å². The van der Waals surface area contributed by atoms with Gasteiger partial charge in [0.05, 0.1) is 6.04 Å². The summed E-state index contributed by atoms with van der Waals surface area (Å²) in [4.78, 5) is 0. The molecule has 1 unspecified atom stereocenters. The van der Waals surface area contributed by atoms with E-state index in [0.29, 0.717) is 5.56 Å². The fraction of sp³-hybridized carbons (Fsp3) is 0.143. The summed E-state index contributed by atoms with van der Waals surface area (Å²) in [6.45, 7) is 0. The van der Waals surface area contributed by atoms with E-state index in [9.17, 15) is 22.0 Å². The number of nitrogens with two attached hydrogens (primary N) is 1. The van der Waals surface area contributed by atoms with E-state index in [-0.39, 0.29) is 5.56 Å². The fourth-order valence-electron chi connectivity index (χ4n) is 1.78. The highest BCUT2D eigenvalue weighted by molar-refractivity contribution is 5.36. The van der Waals surface area contributed by atoms with Gasteiger partial charge in [-0.1, -0.05) is 18.2 Å². The standard InChI is InChI=1S/C14H10F5NO/c15-10-4-1-8(2-5-10)13(20)9-3-6-12(11(16)7-9)21-14(17,18)19/h1-7,13H,20H2. The molecule has 2 aromatic rings. The third-order valence-electron chi connectivity index (χ3n) is 2.77. The van der Waals surface area contributed by atoms with Crippen molar-refractivity contribution in [3.63, 3.8) is 0 Å². The lowest BCUT2D eigenvalue weighted by molar-refractivity contribution is -0.275. The maximum atomic E-state index is 13.6. The van der Waals surface area contributed by atoms with Gasteiger partial charge in [-0.15, -0.1) is 13.2 Å². The van der Waals surface area contributed by atoms with Crippen LogP contribution in [0.5, 0.6) is 5.75 Å². The Hall–Kier alpha value is -2.15. The second-order valence-corrected chi connectivity index (χ2v) is 4.27. The van der Waals surface area contributed by atoms with Crippen molar-refractivity contribution in [1.82, 2.24) is 0 Å². The molecular weight excluding hydrogens is 293 g/mol. The molecular formula is C14H10F5NO. The fourth-order valence-corrected chi connectivity index (χ4v) is 1.78. The molecule has 112 valence electrons. The molecule has 7 heteroatoms. The Morgan fingerprint density at radius 3 is 2.00 bits per heavy atom. The molecule has 0 saturated heterocycles. The molecule has 0 heterocycles. The van der Waals surface area contributed by atoms with Crippen LogP contribution in [0.1, 0.15) is 17.2 Å². The lowest BCUT2D eigenvalue weighted by Gasteiger charge is -2.15. The predicted octanol–water partition coefficient (Wildman–Crippen LogP) is 3.91. The van der Waals surface area contributed by atoms with Gasteiger partial charge in [-0.3, -0.25) is 0 Å². The molecule has 0 saturated carbocycles. The zero-order valence-corrected chi connectivity index (χ0v) is 10.5. The monoisotopic (exact) mass is 303 g/mol. The van der Waals surface area contributed by atoms with Crippen LogP contribution in [0.15, 0.2) is 42.5 Å². The number of alkyl halides is 3. The van der Waals surface area contributed by atoms with Crippen LogP contribution >= 0.6 is 0 Å². The van der Waals surface area contributed by atoms with Crippen molar-refractivity contribution in [1.29, 1.82) is 0 Å². The molecule has 2 aromatic carbocycles. The predicted molar refractivity (Wildman–Crippen MR) is 65.5 cm³/mol. The molecule has 1 atom stereocenters. The van der Waals surface area contributed by atoms with E-state index >= 15 is 0 Å². The molecule has 0 aromatic heterocycles. The summed E-state index contributed by atoms with van der Waals surface area (Å²) in [5, 5.41) is 0. The van der Waals surface area contributed by atoms with Gasteiger partial charge in [0, 0.05) is 0 Å².